The summed E-state index contributed by atoms with van der Waals surface area (Å²) in [6, 6.07) is 16.9. The number of amides is 1. The smallest absolute Gasteiger partial charge is 0.225 e. The predicted octanol–water partition coefficient (Wildman–Crippen LogP) is 3.20. The van der Waals surface area contributed by atoms with E-state index >= 15 is 0 Å². The molecule has 24 heavy (non-hydrogen) atoms. The minimum atomic E-state index is -0.555. The van der Waals surface area contributed by atoms with Gasteiger partial charge < -0.3 is 15.1 Å². The van der Waals surface area contributed by atoms with Crippen LogP contribution in [0.3, 0.4) is 0 Å². The molecule has 0 saturated carbocycles. The number of carbonyl (C=O) groups excluding carboxylic acids is 2. The van der Waals surface area contributed by atoms with Crippen LogP contribution in [-0.4, -0.2) is 23.2 Å². The lowest BCUT2D eigenvalue weighted by Crippen LogP contribution is -2.40. The maximum atomic E-state index is 12.2. The third-order valence-electron chi connectivity index (χ3n) is 4.33. The van der Waals surface area contributed by atoms with Gasteiger partial charge in [-0.25, -0.2) is 0 Å². The molecule has 4 nitrogen and oxygen atoms in total. The summed E-state index contributed by atoms with van der Waals surface area (Å²) in [5, 5.41) is 3.92. The largest absolute Gasteiger partial charge is 0.361 e. The van der Waals surface area contributed by atoms with Crippen molar-refractivity contribution in [2.24, 2.45) is 0 Å². The summed E-state index contributed by atoms with van der Waals surface area (Å²) in [6.45, 7) is 1.96. The van der Waals surface area contributed by atoms with Crippen LogP contribution in [0.1, 0.15) is 24.0 Å². The standard InChI is InChI=1S/C20H20N2O2/c1-14(17-12-21-18-10-6-5-9-16(17)18)19(13-23)22-20(24)11-15-7-3-2-4-8-15/h2-10,12-14,19,21H,11H2,1H3,(H,22,24). The average molecular weight is 320 g/mol. The number of hydrogen-bond acceptors (Lipinski definition) is 2. The van der Waals surface area contributed by atoms with Crippen molar-refractivity contribution in [3.8, 4) is 0 Å². The first-order valence-electron chi connectivity index (χ1n) is 8.03. The second kappa shape index (κ2) is 7.13. The second-order valence-electron chi connectivity index (χ2n) is 5.97. The zero-order valence-corrected chi connectivity index (χ0v) is 13.5. The van der Waals surface area contributed by atoms with Crippen LogP contribution in [0.5, 0.6) is 0 Å². The van der Waals surface area contributed by atoms with Gasteiger partial charge in [0.25, 0.3) is 0 Å². The number of aromatic amines is 1. The predicted molar refractivity (Wildman–Crippen MR) is 94.9 cm³/mol. The molecule has 122 valence electrons. The van der Waals surface area contributed by atoms with Gasteiger partial charge in [0.05, 0.1) is 12.5 Å². The van der Waals surface area contributed by atoms with Gasteiger partial charge in [-0.15, -0.1) is 0 Å². The SMILES string of the molecule is CC(c1c[nH]c2ccccc12)C(C=O)NC(=O)Cc1ccccc1. The highest BCUT2D eigenvalue weighted by atomic mass is 16.2. The van der Waals surface area contributed by atoms with E-state index in [1.807, 2.05) is 67.7 Å². The van der Waals surface area contributed by atoms with Crippen LogP contribution >= 0.6 is 0 Å². The number of para-hydroxylation sites is 1. The van der Waals surface area contributed by atoms with E-state index in [4.69, 9.17) is 0 Å². The Bertz CT molecular complexity index is 839. The lowest BCUT2D eigenvalue weighted by atomic mass is 9.93. The topological polar surface area (TPSA) is 62.0 Å². The fraction of sp³-hybridized carbons (Fsp3) is 0.200. The zero-order chi connectivity index (χ0) is 16.9. The Morgan fingerprint density at radius 3 is 2.58 bits per heavy atom. The first-order chi connectivity index (χ1) is 11.7. The number of rotatable bonds is 6. The molecule has 1 heterocycles. The molecule has 0 aliphatic carbocycles. The molecule has 0 fully saturated rings. The summed E-state index contributed by atoms with van der Waals surface area (Å²) in [4.78, 5) is 27.0. The van der Waals surface area contributed by atoms with E-state index in [1.165, 1.54) is 0 Å². The van der Waals surface area contributed by atoms with Crippen molar-refractivity contribution >= 4 is 23.1 Å². The molecule has 0 aliphatic rings. The minimum Gasteiger partial charge on any atom is -0.361 e. The first-order valence-corrected chi connectivity index (χ1v) is 8.03. The summed E-state index contributed by atoms with van der Waals surface area (Å²) in [5.74, 6) is -0.261. The molecule has 1 amide bonds. The summed E-state index contributed by atoms with van der Waals surface area (Å²) < 4.78 is 0. The van der Waals surface area contributed by atoms with Crippen molar-refractivity contribution in [2.45, 2.75) is 25.3 Å². The van der Waals surface area contributed by atoms with E-state index in [9.17, 15) is 9.59 Å². The van der Waals surface area contributed by atoms with Crippen molar-refractivity contribution in [2.75, 3.05) is 0 Å². The van der Waals surface area contributed by atoms with Gasteiger partial charge in [-0.3, -0.25) is 4.79 Å². The molecular formula is C20H20N2O2. The molecule has 3 aromatic rings. The van der Waals surface area contributed by atoms with E-state index in [2.05, 4.69) is 10.3 Å². The number of benzene rings is 2. The number of H-pyrrole nitrogens is 1. The highest BCUT2D eigenvalue weighted by Crippen LogP contribution is 2.27. The Balaban J connectivity index is 1.73. The Morgan fingerprint density at radius 2 is 1.83 bits per heavy atom. The quantitative estimate of drug-likeness (QED) is 0.685. The summed E-state index contributed by atoms with van der Waals surface area (Å²) in [6.07, 6.45) is 3.00. The molecule has 0 radical (unpaired) electrons. The zero-order valence-electron chi connectivity index (χ0n) is 13.5. The van der Waals surface area contributed by atoms with Crippen molar-refractivity contribution in [1.29, 1.82) is 0 Å². The number of nitrogens with one attached hydrogen (secondary N) is 2. The molecule has 4 heteroatoms. The molecule has 0 aliphatic heterocycles. The molecular weight excluding hydrogens is 300 g/mol. The van der Waals surface area contributed by atoms with Crippen LogP contribution in [0.4, 0.5) is 0 Å². The average Bonchev–Trinajstić information content (AvgIpc) is 3.04. The lowest BCUT2D eigenvalue weighted by molar-refractivity contribution is -0.123. The van der Waals surface area contributed by atoms with Crippen LogP contribution in [0.15, 0.2) is 60.8 Å². The molecule has 0 bridgehead atoms. The molecule has 3 rings (SSSR count). The van der Waals surface area contributed by atoms with Crippen LogP contribution in [0, 0.1) is 0 Å². The highest BCUT2D eigenvalue weighted by Gasteiger charge is 2.22. The number of hydrogen-bond donors (Lipinski definition) is 2. The van der Waals surface area contributed by atoms with E-state index in [0.29, 0.717) is 0 Å². The third kappa shape index (κ3) is 3.38. The van der Waals surface area contributed by atoms with Crippen molar-refractivity contribution in [3.05, 3.63) is 71.9 Å². The lowest BCUT2D eigenvalue weighted by Gasteiger charge is -2.20. The molecule has 1 aromatic heterocycles. The van der Waals surface area contributed by atoms with Gasteiger partial charge in [-0.1, -0.05) is 55.5 Å². The van der Waals surface area contributed by atoms with Gasteiger partial charge >= 0.3 is 0 Å². The highest BCUT2D eigenvalue weighted by molar-refractivity contribution is 5.86. The van der Waals surface area contributed by atoms with E-state index in [0.717, 1.165) is 28.3 Å². The van der Waals surface area contributed by atoms with Gasteiger partial charge in [0.15, 0.2) is 0 Å². The van der Waals surface area contributed by atoms with Crippen LogP contribution < -0.4 is 5.32 Å². The van der Waals surface area contributed by atoms with Crippen LogP contribution in [0.2, 0.25) is 0 Å². The fourth-order valence-corrected chi connectivity index (χ4v) is 2.96. The maximum absolute atomic E-state index is 12.2. The molecule has 2 aromatic carbocycles. The molecule has 0 spiro atoms. The maximum Gasteiger partial charge on any atom is 0.225 e. The van der Waals surface area contributed by atoms with Crippen molar-refractivity contribution in [1.82, 2.24) is 10.3 Å². The Morgan fingerprint density at radius 1 is 1.12 bits per heavy atom. The third-order valence-corrected chi connectivity index (χ3v) is 4.33. The Kier molecular flexibility index (Phi) is 4.75. The molecule has 2 N–H and O–H groups in total. The normalized spacial score (nSPS) is 13.4. The van der Waals surface area contributed by atoms with E-state index in [-0.39, 0.29) is 18.2 Å². The number of aromatic nitrogens is 1. The van der Waals surface area contributed by atoms with Crippen LogP contribution in [-0.2, 0) is 16.0 Å². The van der Waals surface area contributed by atoms with Crippen LogP contribution in [0.25, 0.3) is 10.9 Å². The number of carbonyl (C=O) groups is 2. The monoisotopic (exact) mass is 320 g/mol. The van der Waals surface area contributed by atoms with Gasteiger partial charge in [0.1, 0.15) is 6.29 Å². The van der Waals surface area contributed by atoms with Gasteiger partial charge in [0.2, 0.25) is 5.91 Å². The van der Waals surface area contributed by atoms with E-state index in [1.54, 1.807) is 0 Å². The molecule has 2 unspecified atom stereocenters. The second-order valence-corrected chi connectivity index (χ2v) is 5.97. The minimum absolute atomic E-state index is 0.113. The van der Waals surface area contributed by atoms with Gasteiger partial charge in [-0.05, 0) is 17.2 Å². The van der Waals surface area contributed by atoms with E-state index < -0.39 is 6.04 Å². The fourth-order valence-electron chi connectivity index (χ4n) is 2.96. The van der Waals surface area contributed by atoms with Crippen molar-refractivity contribution in [3.63, 3.8) is 0 Å². The van der Waals surface area contributed by atoms with Gasteiger partial charge in [0, 0.05) is 23.0 Å². The summed E-state index contributed by atoms with van der Waals surface area (Å²) >= 11 is 0. The molecule has 2 atom stereocenters. The first kappa shape index (κ1) is 16.0. The molecule has 0 saturated heterocycles. The number of aldehydes is 1. The number of fused-ring (bicyclic) bond motifs is 1. The summed E-state index contributed by atoms with van der Waals surface area (Å²) in [7, 11) is 0. The Hall–Kier alpha value is -2.88. The Labute approximate surface area is 140 Å². The van der Waals surface area contributed by atoms with Crippen molar-refractivity contribution < 1.29 is 9.59 Å². The van der Waals surface area contributed by atoms with Gasteiger partial charge in [-0.2, -0.15) is 0 Å². The summed E-state index contributed by atoms with van der Waals surface area (Å²) in [5.41, 5.74) is 2.99.